The van der Waals surface area contributed by atoms with Crippen LogP contribution in [0.15, 0.2) is 29.8 Å². The Labute approximate surface area is 143 Å². The number of nitrogens with zero attached hydrogens (tertiary/aromatic N) is 1. The van der Waals surface area contributed by atoms with Gasteiger partial charge in [-0.25, -0.2) is 9.18 Å². The van der Waals surface area contributed by atoms with Crippen LogP contribution in [0.4, 0.5) is 9.18 Å². The summed E-state index contributed by atoms with van der Waals surface area (Å²) in [5, 5.41) is 0. The number of carbonyl (C=O) groups is 1. The molecule has 2 aliphatic rings. The molecular weight excluding hydrogens is 305 g/mol. The molecule has 2 heterocycles. The molecule has 0 aromatic heterocycles. The first-order chi connectivity index (χ1) is 11.2. The van der Waals surface area contributed by atoms with E-state index in [0.717, 1.165) is 36.8 Å². The molecule has 2 atom stereocenters. The Balaban J connectivity index is 1.73. The van der Waals surface area contributed by atoms with Crippen molar-refractivity contribution in [3.8, 4) is 0 Å². The number of rotatable bonds is 2. The van der Waals surface area contributed by atoms with Gasteiger partial charge >= 0.3 is 6.09 Å². The van der Waals surface area contributed by atoms with Gasteiger partial charge in [0.15, 0.2) is 0 Å². The van der Waals surface area contributed by atoms with Gasteiger partial charge in [0, 0.05) is 6.04 Å². The van der Waals surface area contributed by atoms with E-state index in [1.165, 1.54) is 11.6 Å². The van der Waals surface area contributed by atoms with Crippen molar-refractivity contribution < 1.29 is 13.9 Å². The molecule has 0 radical (unpaired) electrons. The number of amides is 1. The summed E-state index contributed by atoms with van der Waals surface area (Å²) < 4.78 is 18.8. The second-order valence-corrected chi connectivity index (χ2v) is 7.96. The highest BCUT2D eigenvalue weighted by Crippen LogP contribution is 2.37. The zero-order valence-electron chi connectivity index (χ0n) is 14.9. The Morgan fingerprint density at radius 1 is 1.33 bits per heavy atom. The summed E-state index contributed by atoms with van der Waals surface area (Å²) in [6.45, 7) is 7.64. The minimum absolute atomic E-state index is 0.134. The third-order valence-electron chi connectivity index (χ3n) is 4.80. The van der Waals surface area contributed by atoms with Gasteiger partial charge in [-0.2, -0.15) is 0 Å². The van der Waals surface area contributed by atoms with Crippen LogP contribution in [-0.4, -0.2) is 28.7 Å². The second-order valence-electron chi connectivity index (χ2n) is 7.96. The molecule has 0 N–H and O–H groups in total. The number of carbonyl (C=O) groups excluding carboxylic acids is 1. The van der Waals surface area contributed by atoms with Crippen LogP contribution in [0, 0.1) is 12.7 Å². The average molecular weight is 331 g/mol. The van der Waals surface area contributed by atoms with Crippen LogP contribution < -0.4 is 0 Å². The van der Waals surface area contributed by atoms with Gasteiger partial charge < -0.3 is 4.74 Å². The normalized spacial score (nSPS) is 23.2. The number of halogens is 1. The zero-order valence-corrected chi connectivity index (χ0v) is 14.9. The highest BCUT2D eigenvalue weighted by Gasteiger charge is 2.41. The first-order valence-corrected chi connectivity index (χ1v) is 8.69. The number of hydrogen-bond acceptors (Lipinski definition) is 2. The van der Waals surface area contributed by atoms with Crippen molar-refractivity contribution in [3.05, 3.63) is 46.8 Å². The predicted octanol–water partition coefficient (Wildman–Crippen LogP) is 4.77. The molecule has 0 saturated carbocycles. The van der Waals surface area contributed by atoms with Gasteiger partial charge in [-0.05, 0) is 76.6 Å². The van der Waals surface area contributed by atoms with E-state index in [1.807, 2.05) is 38.7 Å². The topological polar surface area (TPSA) is 29.5 Å². The van der Waals surface area contributed by atoms with E-state index >= 15 is 0 Å². The maximum Gasteiger partial charge on any atom is 0.411 e. The molecule has 1 aromatic carbocycles. The van der Waals surface area contributed by atoms with Crippen molar-refractivity contribution in [1.29, 1.82) is 0 Å². The maximum atomic E-state index is 13.3. The monoisotopic (exact) mass is 331 g/mol. The fraction of sp³-hybridized carbons (Fsp3) is 0.550. The Bertz CT molecular complexity index is 675. The van der Waals surface area contributed by atoms with Crippen molar-refractivity contribution in [2.24, 2.45) is 0 Å². The summed E-state index contributed by atoms with van der Waals surface area (Å²) in [5.74, 6) is -0.190. The van der Waals surface area contributed by atoms with E-state index in [1.54, 1.807) is 6.07 Å². The molecule has 24 heavy (non-hydrogen) atoms. The Hall–Kier alpha value is -1.84. The first kappa shape index (κ1) is 17.0. The number of hydrogen-bond donors (Lipinski definition) is 0. The van der Waals surface area contributed by atoms with Crippen molar-refractivity contribution in [1.82, 2.24) is 4.90 Å². The number of ether oxygens (including phenoxy) is 1. The molecule has 130 valence electrons. The minimum Gasteiger partial charge on any atom is -0.444 e. The lowest BCUT2D eigenvalue weighted by Crippen LogP contribution is -2.45. The van der Waals surface area contributed by atoms with Crippen LogP contribution in [0.2, 0.25) is 0 Å². The molecule has 1 aromatic rings. The van der Waals surface area contributed by atoms with Crippen LogP contribution in [0.3, 0.4) is 0 Å². The van der Waals surface area contributed by atoms with E-state index in [2.05, 4.69) is 6.08 Å². The summed E-state index contributed by atoms with van der Waals surface area (Å²) in [7, 11) is 0. The van der Waals surface area contributed by atoms with Crippen LogP contribution >= 0.6 is 0 Å². The third kappa shape index (κ3) is 3.63. The average Bonchev–Trinajstić information content (AvgIpc) is 2.72. The molecule has 2 aliphatic heterocycles. The number of benzene rings is 1. The Kier molecular flexibility index (Phi) is 4.41. The molecule has 0 spiro atoms. The molecule has 1 amide bonds. The van der Waals surface area contributed by atoms with Crippen LogP contribution in [0.25, 0.3) is 0 Å². The molecule has 2 unspecified atom stereocenters. The highest BCUT2D eigenvalue weighted by molar-refractivity contribution is 5.70. The molecule has 1 fully saturated rings. The molecule has 1 saturated heterocycles. The van der Waals surface area contributed by atoms with Gasteiger partial charge in [-0.1, -0.05) is 17.7 Å². The zero-order chi connectivity index (χ0) is 17.5. The predicted molar refractivity (Wildman–Crippen MR) is 92.4 cm³/mol. The molecule has 0 aliphatic carbocycles. The van der Waals surface area contributed by atoms with E-state index in [-0.39, 0.29) is 24.0 Å². The quantitative estimate of drug-likeness (QED) is 0.730. The van der Waals surface area contributed by atoms with Gasteiger partial charge in [-0.15, -0.1) is 0 Å². The Morgan fingerprint density at radius 2 is 2.08 bits per heavy atom. The van der Waals surface area contributed by atoms with Gasteiger partial charge in [0.2, 0.25) is 0 Å². The van der Waals surface area contributed by atoms with Crippen molar-refractivity contribution in [2.75, 3.05) is 0 Å². The summed E-state index contributed by atoms with van der Waals surface area (Å²) in [6.07, 6.45) is 5.75. The highest BCUT2D eigenvalue weighted by atomic mass is 19.1. The standard InChI is InChI=1S/C20H26FNO2/c1-13-9-16(21)6-5-15(13)10-14-11-17-7-8-18(12-14)22(17)19(23)24-20(2,3)4/h5-6,9,11,17-18H,7-8,10,12H2,1-4H3. The minimum atomic E-state index is -0.467. The van der Waals surface area contributed by atoms with Crippen molar-refractivity contribution in [3.63, 3.8) is 0 Å². The van der Waals surface area contributed by atoms with Crippen LogP contribution in [0.1, 0.15) is 51.2 Å². The van der Waals surface area contributed by atoms with Crippen LogP contribution in [0.5, 0.6) is 0 Å². The van der Waals surface area contributed by atoms with E-state index in [0.29, 0.717) is 0 Å². The maximum absolute atomic E-state index is 13.3. The second kappa shape index (κ2) is 6.23. The molecular formula is C20H26FNO2. The van der Waals surface area contributed by atoms with E-state index in [9.17, 15) is 9.18 Å². The largest absolute Gasteiger partial charge is 0.444 e. The van der Waals surface area contributed by atoms with Gasteiger partial charge in [-0.3, -0.25) is 4.90 Å². The summed E-state index contributed by atoms with van der Waals surface area (Å²) in [4.78, 5) is 14.4. The number of fused-ring (bicyclic) bond motifs is 2. The molecule has 3 rings (SSSR count). The summed E-state index contributed by atoms with van der Waals surface area (Å²) in [6, 6.07) is 5.33. The lowest BCUT2D eigenvalue weighted by molar-refractivity contribution is 0.0166. The lowest BCUT2D eigenvalue weighted by atomic mass is 9.93. The van der Waals surface area contributed by atoms with Gasteiger partial charge in [0.1, 0.15) is 11.4 Å². The SMILES string of the molecule is Cc1cc(F)ccc1CC1=CC2CCC(C1)N2C(=O)OC(C)(C)C. The van der Waals surface area contributed by atoms with Crippen molar-refractivity contribution >= 4 is 6.09 Å². The molecule has 4 heteroatoms. The Morgan fingerprint density at radius 3 is 2.71 bits per heavy atom. The summed E-state index contributed by atoms with van der Waals surface area (Å²) in [5.41, 5.74) is 3.02. The summed E-state index contributed by atoms with van der Waals surface area (Å²) >= 11 is 0. The first-order valence-electron chi connectivity index (χ1n) is 8.69. The van der Waals surface area contributed by atoms with E-state index < -0.39 is 5.60 Å². The lowest BCUT2D eigenvalue weighted by Gasteiger charge is -2.35. The van der Waals surface area contributed by atoms with Gasteiger partial charge in [0.05, 0.1) is 6.04 Å². The fourth-order valence-electron chi connectivity index (χ4n) is 3.75. The fourth-order valence-corrected chi connectivity index (χ4v) is 3.75. The van der Waals surface area contributed by atoms with Gasteiger partial charge in [0.25, 0.3) is 0 Å². The van der Waals surface area contributed by atoms with Crippen LogP contribution in [-0.2, 0) is 11.2 Å². The molecule has 2 bridgehead atoms. The smallest absolute Gasteiger partial charge is 0.411 e. The van der Waals surface area contributed by atoms with E-state index in [4.69, 9.17) is 4.74 Å². The number of aryl methyl sites for hydroxylation is 1. The molecule has 3 nitrogen and oxygen atoms in total. The third-order valence-corrected chi connectivity index (χ3v) is 4.80. The van der Waals surface area contributed by atoms with Crippen molar-refractivity contribution in [2.45, 2.75) is 71.1 Å².